The second-order valence-corrected chi connectivity index (χ2v) is 3.91. The summed E-state index contributed by atoms with van der Waals surface area (Å²) in [5.41, 5.74) is -0.0418. The van der Waals surface area contributed by atoms with Gasteiger partial charge in [-0.3, -0.25) is 0 Å². The molecule has 92 valence electrons. The largest absolute Gasteiger partial charge is 0.476 e. The molecule has 0 amide bonds. The highest BCUT2D eigenvalue weighted by molar-refractivity contribution is 5.90. The van der Waals surface area contributed by atoms with Gasteiger partial charge in [0.2, 0.25) is 0 Å². The van der Waals surface area contributed by atoms with Gasteiger partial charge in [0.1, 0.15) is 0 Å². The van der Waals surface area contributed by atoms with E-state index in [4.69, 9.17) is 9.84 Å². The topological polar surface area (TPSA) is 84.3 Å². The van der Waals surface area contributed by atoms with Crippen LogP contribution in [0.5, 0.6) is 0 Å². The highest BCUT2D eigenvalue weighted by Crippen LogP contribution is 2.15. The summed E-state index contributed by atoms with van der Waals surface area (Å²) in [7, 11) is 0. The molecule has 1 aliphatic heterocycles. The van der Waals surface area contributed by atoms with Gasteiger partial charge < -0.3 is 15.2 Å². The van der Waals surface area contributed by atoms with Crippen molar-refractivity contribution in [2.75, 3.05) is 18.5 Å². The van der Waals surface area contributed by atoms with E-state index in [0.717, 1.165) is 25.9 Å². The fourth-order valence-corrected chi connectivity index (χ4v) is 1.85. The molecule has 0 saturated carbocycles. The van der Waals surface area contributed by atoms with Crippen molar-refractivity contribution in [2.24, 2.45) is 0 Å². The minimum atomic E-state index is -1.07. The molecular weight excluding hydrogens is 222 g/mol. The number of anilines is 1. The van der Waals surface area contributed by atoms with Crippen LogP contribution >= 0.6 is 0 Å². The van der Waals surface area contributed by atoms with Gasteiger partial charge in [0.05, 0.1) is 6.10 Å². The number of carboxylic acids is 1. The van der Waals surface area contributed by atoms with E-state index in [1.54, 1.807) is 0 Å². The van der Waals surface area contributed by atoms with E-state index >= 15 is 0 Å². The molecule has 1 saturated heterocycles. The Bertz CT molecular complexity index is 391. The molecule has 0 spiro atoms. The third kappa shape index (κ3) is 3.13. The first-order valence-corrected chi connectivity index (χ1v) is 5.67. The lowest BCUT2D eigenvalue weighted by molar-refractivity contribution is 0.0691. The van der Waals surface area contributed by atoms with E-state index < -0.39 is 5.97 Å². The summed E-state index contributed by atoms with van der Waals surface area (Å²) in [6, 6.07) is 0. The van der Waals surface area contributed by atoms with E-state index in [2.05, 4.69) is 15.3 Å². The molecule has 1 atom stereocenters. The standard InChI is InChI=1S/C11H15N3O3/c15-11(16)9-10(14-6-5-12-9)13-4-3-8-2-1-7-17-8/h5-6,8H,1-4,7H2,(H,13,14)(H,15,16). The molecule has 0 aliphatic carbocycles. The van der Waals surface area contributed by atoms with Crippen LogP contribution in [0.3, 0.4) is 0 Å². The van der Waals surface area contributed by atoms with Gasteiger partial charge in [0.15, 0.2) is 11.5 Å². The maximum absolute atomic E-state index is 10.9. The van der Waals surface area contributed by atoms with Crippen LogP contribution in [0.1, 0.15) is 29.8 Å². The summed E-state index contributed by atoms with van der Waals surface area (Å²) in [5.74, 6) is -0.754. The van der Waals surface area contributed by atoms with Gasteiger partial charge in [-0.05, 0) is 19.3 Å². The molecule has 2 rings (SSSR count). The Morgan fingerprint density at radius 2 is 2.35 bits per heavy atom. The monoisotopic (exact) mass is 237 g/mol. The molecule has 2 N–H and O–H groups in total. The second kappa shape index (κ2) is 5.58. The fraction of sp³-hybridized carbons (Fsp3) is 0.545. The van der Waals surface area contributed by atoms with Gasteiger partial charge in [-0.2, -0.15) is 0 Å². The zero-order chi connectivity index (χ0) is 12.1. The highest BCUT2D eigenvalue weighted by atomic mass is 16.5. The van der Waals surface area contributed by atoms with Crippen LogP contribution in [-0.4, -0.2) is 40.3 Å². The summed E-state index contributed by atoms with van der Waals surface area (Å²) in [5, 5.41) is 11.9. The number of hydrogen-bond donors (Lipinski definition) is 2. The zero-order valence-electron chi connectivity index (χ0n) is 9.43. The van der Waals surface area contributed by atoms with Gasteiger partial charge in [-0.1, -0.05) is 0 Å². The molecule has 0 bridgehead atoms. The third-order valence-electron chi connectivity index (χ3n) is 2.68. The van der Waals surface area contributed by atoms with Gasteiger partial charge >= 0.3 is 5.97 Å². The van der Waals surface area contributed by atoms with Crippen LogP contribution in [0.4, 0.5) is 5.82 Å². The van der Waals surface area contributed by atoms with Crippen molar-refractivity contribution in [3.63, 3.8) is 0 Å². The van der Waals surface area contributed by atoms with Gasteiger partial charge in [-0.15, -0.1) is 0 Å². The Hall–Kier alpha value is -1.69. The molecule has 17 heavy (non-hydrogen) atoms. The Morgan fingerprint density at radius 3 is 3.06 bits per heavy atom. The van der Waals surface area contributed by atoms with Crippen LogP contribution in [0.2, 0.25) is 0 Å². The number of hydrogen-bond acceptors (Lipinski definition) is 5. The van der Waals surface area contributed by atoms with Crippen LogP contribution in [0, 0.1) is 0 Å². The molecule has 1 aromatic rings. The predicted octanol–water partition coefficient (Wildman–Crippen LogP) is 1.16. The van der Waals surface area contributed by atoms with Crippen LogP contribution in [0.25, 0.3) is 0 Å². The van der Waals surface area contributed by atoms with Crippen molar-refractivity contribution in [1.82, 2.24) is 9.97 Å². The lowest BCUT2D eigenvalue weighted by Crippen LogP contribution is -2.15. The first-order valence-electron chi connectivity index (χ1n) is 5.67. The molecule has 1 aromatic heterocycles. The zero-order valence-corrected chi connectivity index (χ0v) is 9.43. The molecule has 2 heterocycles. The quantitative estimate of drug-likeness (QED) is 0.799. The van der Waals surface area contributed by atoms with Crippen molar-refractivity contribution in [3.8, 4) is 0 Å². The number of nitrogens with one attached hydrogen (secondary N) is 1. The second-order valence-electron chi connectivity index (χ2n) is 3.91. The van der Waals surface area contributed by atoms with E-state index in [1.807, 2.05) is 0 Å². The van der Waals surface area contributed by atoms with Crippen LogP contribution < -0.4 is 5.32 Å². The van der Waals surface area contributed by atoms with Crippen molar-refractivity contribution >= 4 is 11.8 Å². The first-order chi connectivity index (χ1) is 8.27. The fourth-order valence-electron chi connectivity index (χ4n) is 1.85. The number of ether oxygens (including phenoxy) is 1. The summed E-state index contributed by atoms with van der Waals surface area (Å²) >= 11 is 0. The molecule has 1 aliphatic rings. The van der Waals surface area contributed by atoms with Crippen LogP contribution in [-0.2, 0) is 4.74 Å². The molecular formula is C11H15N3O3. The van der Waals surface area contributed by atoms with Crippen molar-refractivity contribution < 1.29 is 14.6 Å². The number of rotatable bonds is 5. The molecule has 1 unspecified atom stereocenters. The maximum atomic E-state index is 10.9. The summed E-state index contributed by atoms with van der Waals surface area (Å²) in [6.45, 7) is 1.47. The number of nitrogens with zero attached hydrogens (tertiary/aromatic N) is 2. The van der Waals surface area contributed by atoms with Gasteiger partial charge in [-0.25, -0.2) is 14.8 Å². The van der Waals surface area contributed by atoms with E-state index in [0.29, 0.717) is 12.4 Å². The van der Waals surface area contributed by atoms with E-state index in [1.165, 1.54) is 12.4 Å². The van der Waals surface area contributed by atoms with Crippen molar-refractivity contribution in [3.05, 3.63) is 18.1 Å². The lowest BCUT2D eigenvalue weighted by atomic mass is 10.2. The third-order valence-corrected chi connectivity index (χ3v) is 2.68. The Morgan fingerprint density at radius 1 is 1.53 bits per heavy atom. The molecule has 6 heteroatoms. The summed E-state index contributed by atoms with van der Waals surface area (Å²) in [6.07, 6.45) is 6.17. The number of carbonyl (C=O) groups is 1. The Kier molecular flexibility index (Phi) is 3.87. The molecule has 1 fully saturated rings. The Balaban J connectivity index is 1.87. The number of carboxylic acid groups (broad SMARTS) is 1. The minimum Gasteiger partial charge on any atom is -0.476 e. The number of aromatic nitrogens is 2. The van der Waals surface area contributed by atoms with Crippen molar-refractivity contribution in [1.29, 1.82) is 0 Å². The van der Waals surface area contributed by atoms with E-state index in [-0.39, 0.29) is 11.8 Å². The molecule has 0 radical (unpaired) electrons. The lowest BCUT2D eigenvalue weighted by Gasteiger charge is -2.11. The molecule has 0 aromatic carbocycles. The average Bonchev–Trinajstić information content (AvgIpc) is 2.82. The normalized spacial score (nSPS) is 19.2. The summed E-state index contributed by atoms with van der Waals surface area (Å²) < 4.78 is 5.48. The maximum Gasteiger partial charge on any atom is 0.358 e. The molecule has 6 nitrogen and oxygen atoms in total. The van der Waals surface area contributed by atoms with Crippen molar-refractivity contribution in [2.45, 2.75) is 25.4 Å². The minimum absolute atomic E-state index is 0.0418. The predicted molar refractivity (Wildman–Crippen MR) is 61.1 cm³/mol. The van der Waals surface area contributed by atoms with Crippen LogP contribution in [0.15, 0.2) is 12.4 Å². The summed E-state index contributed by atoms with van der Waals surface area (Å²) in [4.78, 5) is 18.6. The van der Waals surface area contributed by atoms with E-state index in [9.17, 15) is 4.79 Å². The van der Waals surface area contributed by atoms with Gasteiger partial charge in [0.25, 0.3) is 0 Å². The van der Waals surface area contributed by atoms with Gasteiger partial charge in [0, 0.05) is 25.5 Å². The highest BCUT2D eigenvalue weighted by Gasteiger charge is 2.16. The smallest absolute Gasteiger partial charge is 0.358 e. The Labute approximate surface area is 99.0 Å². The first kappa shape index (κ1) is 11.8. The number of aromatic carboxylic acids is 1. The average molecular weight is 237 g/mol. The SMILES string of the molecule is O=C(O)c1nccnc1NCCC1CCCO1.